The Morgan fingerprint density at radius 2 is 1.92 bits per heavy atom. The number of benzene rings is 1. The molecule has 1 aromatic carbocycles. The normalized spacial score (nSPS) is 17.1. The van der Waals surface area contributed by atoms with Gasteiger partial charge in [-0.25, -0.2) is 0 Å². The van der Waals surface area contributed by atoms with Crippen molar-refractivity contribution in [3.05, 3.63) is 35.9 Å². The van der Waals surface area contributed by atoms with Crippen LogP contribution in [0, 0.1) is 17.2 Å². The molecular weight excluding hydrogens is 162 g/mol. The minimum Gasteiger partial charge on any atom is -0.384 e. The van der Waals surface area contributed by atoms with Crippen molar-refractivity contribution >= 4 is 0 Å². The Balaban J connectivity index is 3.02. The van der Waals surface area contributed by atoms with Crippen molar-refractivity contribution in [3.63, 3.8) is 0 Å². The molecule has 0 saturated heterocycles. The molecule has 2 heteroatoms. The first-order chi connectivity index (χ1) is 6.09. The Morgan fingerprint density at radius 3 is 2.38 bits per heavy atom. The van der Waals surface area contributed by atoms with Crippen LogP contribution >= 0.6 is 0 Å². The molecule has 2 atom stereocenters. The highest BCUT2D eigenvalue weighted by atomic mass is 16.3. The maximum absolute atomic E-state index is 10.0. The second kappa shape index (κ2) is 3.59. The zero-order valence-corrected chi connectivity index (χ0v) is 7.86. The monoisotopic (exact) mass is 175 g/mol. The van der Waals surface area contributed by atoms with Gasteiger partial charge in [0, 0.05) is 0 Å². The highest BCUT2D eigenvalue weighted by Crippen LogP contribution is 2.28. The van der Waals surface area contributed by atoms with Crippen LogP contribution in [0.15, 0.2) is 30.3 Å². The maximum Gasteiger partial charge on any atom is 0.102 e. The Morgan fingerprint density at radius 1 is 1.38 bits per heavy atom. The average molecular weight is 175 g/mol. The molecule has 0 radical (unpaired) electrons. The van der Waals surface area contributed by atoms with Gasteiger partial charge in [0.25, 0.3) is 0 Å². The first-order valence-corrected chi connectivity index (χ1v) is 4.26. The molecule has 0 spiro atoms. The van der Waals surface area contributed by atoms with E-state index in [0.717, 1.165) is 5.56 Å². The molecule has 13 heavy (non-hydrogen) atoms. The molecule has 1 N–H and O–H groups in total. The highest BCUT2D eigenvalue weighted by Gasteiger charge is 2.29. The standard InChI is InChI=1S/C11H13NO/c1-9(8-12)11(2,13)10-6-4-3-5-7-10/h3-7,9,13H,1-2H3. The fraction of sp³-hybridized carbons (Fsp3) is 0.364. The molecule has 0 saturated carbocycles. The molecule has 1 rings (SSSR count). The fourth-order valence-electron chi connectivity index (χ4n) is 1.15. The molecule has 0 aliphatic heterocycles. The summed E-state index contributed by atoms with van der Waals surface area (Å²) in [6.07, 6.45) is 0. The lowest BCUT2D eigenvalue weighted by Gasteiger charge is -2.26. The summed E-state index contributed by atoms with van der Waals surface area (Å²) in [5.41, 5.74) is -0.278. The lowest BCUT2D eigenvalue weighted by atomic mass is 9.85. The van der Waals surface area contributed by atoms with Gasteiger partial charge in [0.1, 0.15) is 5.60 Å². The Hall–Kier alpha value is -1.33. The first-order valence-electron chi connectivity index (χ1n) is 4.26. The second-order valence-electron chi connectivity index (χ2n) is 3.36. The lowest BCUT2D eigenvalue weighted by molar-refractivity contribution is 0.0232. The van der Waals surface area contributed by atoms with Crippen LogP contribution in [0.3, 0.4) is 0 Å². The van der Waals surface area contributed by atoms with Crippen LogP contribution in [0.5, 0.6) is 0 Å². The van der Waals surface area contributed by atoms with E-state index >= 15 is 0 Å². The van der Waals surface area contributed by atoms with Crippen molar-refractivity contribution in [2.45, 2.75) is 19.4 Å². The van der Waals surface area contributed by atoms with Crippen LogP contribution in [0.25, 0.3) is 0 Å². The van der Waals surface area contributed by atoms with Crippen LogP contribution in [0.2, 0.25) is 0 Å². The summed E-state index contributed by atoms with van der Waals surface area (Å²) in [4.78, 5) is 0. The van der Waals surface area contributed by atoms with Crippen molar-refractivity contribution < 1.29 is 5.11 Å². The summed E-state index contributed by atoms with van der Waals surface area (Å²) in [6.45, 7) is 3.38. The quantitative estimate of drug-likeness (QED) is 0.747. The summed E-state index contributed by atoms with van der Waals surface area (Å²) in [5, 5.41) is 18.8. The van der Waals surface area contributed by atoms with Crippen LogP contribution in [-0.2, 0) is 5.60 Å². The van der Waals surface area contributed by atoms with Crippen molar-refractivity contribution in [1.82, 2.24) is 0 Å². The predicted molar refractivity (Wildman–Crippen MR) is 50.8 cm³/mol. The van der Waals surface area contributed by atoms with Crippen molar-refractivity contribution in [2.75, 3.05) is 0 Å². The van der Waals surface area contributed by atoms with Crippen LogP contribution in [0.1, 0.15) is 19.4 Å². The van der Waals surface area contributed by atoms with Crippen LogP contribution in [-0.4, -0.2) is 5.11 Å². The molecule has 1 aromatic rings. The molecule has 0 amide bonds. The predicted octanol–water partition coefficient (Wildman–Crippen LogP) is 2.05. The Labute approximate surface area is 78.4 Å². The highest BCUT2D eigenvalue weighted by molar-refractivity contribution is 5.23. The Kier molecular flexibility index (Phi) is 2.69. The van der Waals surface area contributed by atoms with Crippen LogP contribution in [0.4, 0.5) is 0 Å². The maximum atomic E-state index is 10.0. The summed E-state index contributed by atoms with van der Waals surface area (Å²) in [6, 6.07) is 11.3. The van der Waals surface area contributed by atoms with Gasteiger partial charge in [-0.2, -0.15) is 5.26 Å². The van der Waals surface area contributed by atoms with E-state index in [2.05, 4.69) is 6.07 Å². The average Bonchev–Trinajstić information content (AvgIpc) is 2.18. The largest absolute Gasteiger partial charge is 0.384 e. The minimum atomic E-state index is -1.06. The zero-order chi connectivity index (χ0) is 9.90. The first kappa shape index (κ1) is 9.76. The van der Waals surface area contributed by atoms with Crippen molar-refractivity contribution in [1.29, 1.82) is 5.26 Å². The van der Waals surface area contributed by atoms with Crippen LogP contribution < -0.4 is 0 Å². The summed E-state index contributed by atoms with van der Waals surface area (Å²) in [7, 11) is 0. The summed E-state index contributed by atoms with van der Waals surface area (Å²) in [5.74, 6) is -0.408. The van der Waals surface area contributed by atoms with Gasteiger partial charge in [-0.15, -0.1) is 0 Å². The smallest absolute Gasteiger partial charge is 0.102 e. The van der Waals surface area contributed by atoms with Gasteiger partial charge in [0.05, 0.1) is 12.0 Å². The van der Waals surface area contributed by atoms with E-state index in [0.29, 0.717) is 0 Å². The molecule has 0 fully saturated rings. The van der Waals surface area contributed by atoms with E-state index in [1.807, 2.05) is 30.3 Å². The molecule has 0 aliphatic carbocycles. The molecule has 2 nitrogen and oxygen atoms in total. The van der Waals surface area contributed by atoms with Gasteiger partial charge < -0.3 is 5.11 Å². The van der Waals surface area contributed by atoms with E-state index in [1.54, 1.807) is 13.8 Å². The van der Waals surface area contributed by atoms with Gasteiger partial charge in [-0.05, 0) is 19.4 Å². The molecule has 0 aliphatic rings. The van der Waals surface area contributed by atoms with E-state index in [9.17, 15) is 5.11 Å². The lowest BCUT2D eigenvalue weighted by Crippen LogP contribution is -2.28. The number of rotatable bonds is 2. The van der Waals surface area contributed by atoms with Gasteiger partial charge in [0.15, 0.2) is 0 Å². The Bertz CT molecular complexity index is 311. The van der Waals surface area contributed by atoms with E-state index < -0.39 is 11.5 Å². The summed E-state index contributed by atoms with van der Waals surface area (Å²) >= 11 is 0. The number of aliphatic hydroxyl groups is 1. The van der Waals surface area contributed by atoms with Gasteiger partial charge in [0.2, 0.25) is 0 Å². The molecule has 2 unspecified atom stereocenters. The SMILES string of the molecule is CC(C#N)C(C)(O)c1ccccc1. The minimum absolute atomic E-state index is 0.408. The van der Waals surface area contributed by atoms with Gasteiger partial charge >= 0.3 is 0 Å². The molecule has 0 bridgehead atoms. The number of nitrogens with zero attached hydrogens (tertiary/aromatic N) is 1. The molecular formula is C11H13NO. The van der Waals surface area contributed by atoms with E-state index in [1.165, 1.54) is 0 Å². The number of hydrogen-bond donors (Lipinski definition) is 1. The van der Waals surface area contributed by atoms with Crippen molar-refractivity contribution in [3.8, 4) is 6.07 Å². The fourth-order valence-corrected chi connectivity index (χ4v) is 1.15. The molecule has 0 aromatic heterocycles. The molecule has 0 heterocycles. The third kappa shape index (κ3) is 1.88. The van der Waals surface area contributed by atoms with Gasteiger partial charge in [-0.3, -0.25) is 0 Å². The molecule has 68 valence electrons. The zero-order valence-electron chi connectivity index (χ0n) is 7.86. The topological polar surface area (TPSA) is 44.0 Å². The number of hydrogen-bond acceptors (Lipinski definition) is 2. The summed E-state index contributed by atoms with van der Waals surface area (Å²) < 4.78 is 0. The third-order valence-corrected chi connectivity index (χ3v) is 2.40. The van der Waals surface area contributed by atoms with E-state index in [4.69, 9.17) is 5.26 Å². The van der Waals surface area contributed by atoms with Gasteiger partial charge in [-0.1, -0.05) is 30.3 Å². The van der Waals surface area contributed by atoms with Crippen molar-refractivity contribution in [2.24, 2.45) is 5.92 Å². The second-order valence-corrected chi connectivity index (χ2v) is 3.36. The third-order valence-electron chi connectivity index (χ3n) is 2.40. The number of nitriles is 1. The van der Waals surface area contributed by atoms with E-state index in [-0.39, 0.29) is 0 Å².